The van der Waals surface area contributed by atoms with Crippen molar-refractivity contribution in [2.24, 2.45) is 17.1 Å². The molecular formula is C26H37NO. The van der Waals surface area contributed by atoms with Crippen LogP contribution in [-0.4, -0.2) is 6.10 Å². The third kappa shape index (κ3) is 4.08. The van der Waals surface area contributed by atoms with Gasteiger partial charge in [0.05, 0.1) is 6.10 Å². The smallest absolute Gasteiger partial charge is 0.123 e. The summed E-state index contributed by atoms with van der Waals surface area (Å²) >= 11 is 0. The summed E-state index contributed by atoms with van der Waals surface area (Å²) in [5.41, 5.74) is 9.07. The van der Waals surface area contributed by atoms with Crippen LogP contribution in [0.25, 0.3) is 10.8 Å². The predicted molar refractivity (Wildman–Crippen MR) is 119 cm³/mol. The summed E-state index contributed by atoms with van der Waals surface area (Å²) in [5.74, 6) is 2.63. The molecule has 2 aliphatic carbocycles. The van der Waals surface area contributed by atoms with Crippen molar-refractivity contribution < 1.29 is 4.74 Å². The molecule has 2 aromatic carbocycles. The molecule has 0 spiro atoms. The van der Waals surface area contributed by atoms with Gasteiger partial charge in [-0.15, -0.1) is 0 Å². The zero-order chi connectivity index (χ0) is 20.1. The lowest BCUT2D eigenvalue weighted by atomic mass is 9.72. The molecular weight excluding hydrogens is 342 g/mol. The van der Waals surface area contributed by atoms with Gasteiger partial charge in [-0.05, 0) is 98.1 Å². The Labute approximate surface area is 170 Å². The molecule has 0 heterocycles. The molecule has 0 amide bonds. The summed E-state index contributed by atoms with van der Waals surface area (Å²) in [6.45, 7) is 11.3. The highest BCUT2D eigenvalue weighted by atomic mass is 16.5. The highest BCUT2D eigenvalue weighted by Crippen LogP contribution is 2.49. The second kappa shape index (κ2) is 7.06. The molecule has 2 aromatic rings. The third-order valence-electron chi connectivity index (χ3n) is 6.94. The molecule has 0 unspecified atom stereocenters. The van der Waals surface area contributed by atoms with Gasteiger partial charge in [0, 0.05) is 11.1 Å². The van der Waals surface area contributed by atoms with Crippen LogP contribution in [0.15, 0.2) is 30.3 Å². The van der Waals surface area contributed by atoms with E-state index in [1.54, 1.807) is 0 Å². The maximum Gasteiger partial charge on any atom is 0.123 e. The molecule has 0 aliphatic heterocycles. The third-order valence-corrected chi connectivity index (χ3v) is 6.94. The highest BCUT2D eigenvalue weighted by Gasteiger charge is 2.33. The van der Waals surface area contributed by atoms with E-state index in [0.29, 0.717) is 17.4 Å². The van der Waals surface area contributed by atoms with Crippen molar-refractivity contribution in [2.45, 2.75) is 90.7 Å². The first-order chi connectivity index (χ1) is 13.1. The fourth-order valence-corrected chi connectivity index (χ4v) is 4.86. The van der Waals surface area contributed by atoms with E-state index in [9.17, 15) is 0 Å². The fraction of sp³-hybridized carbons (Fsp3) is 0.615. The Morgan fingerprint density at radius 1 is 0.857 bits per heavy atom. The van der Waals surface area contributed by atoms with Gasteiger partial charge in [-0.3, -0.25) is 0 Å². The van der Waals surface area contributed by atoms with E-state index in [0.717, 1.165) is 11.7 Å². The first kappa shape index (κ1) is 19.8. The van der Waals surface area contributed by atoms with Gasteiger partial charge in [-0.1, -0.05) is 39.0 Å². The van der Waals surface area contributed by atoms with Crippen LogP contribution >= 0.6 is 0 Å². The number of rotatable bonds is 4. The summed E-state index contributed by atoms with van der Waals surface area (Å²) in [6.07, 6.45) is 7.89. The Morgan fingerprint density at radius 3 is 2.11 bits per heavy atom. The summed E-state index contributed by atoms with van der Waals surface area (Å²) in [4.78, 5) is 0. The minimum Gasteiger partial charge on any atom is -0.490 e. The van der Waals surface area contributed by atoms with Gasteiger partial charge in [0.25, 0.3) is 0 Å². The van der Waals surface area contributed by atoms with Crippen LogP contribution < -0.4 is 10.5 Å². The second-order valence-electron chi connectivity index (χ2n) is 10.9. The average molecular weight is 380 g/mol. The number of benzene rings is 2. The standard InChI is InChI=1S/C26H37NO/c1-25(2,3)19-9-12-21(13-10-19)28-23-15-8-18-16-20(26(4,5)27)11-14-22(18)24(23)17-6-7-17/h8,11,14-17,19,21H,6-7,9-10,12-13,27H2,1-5H3. The van der Waals surface area contributed by atoms with Gasteiger partial charge in [0.1, 0.15) is 5.75 Å². The van der Waals surface area contributed by atoms with E-state index in [-0.39, 0.29) is 5.54 Å². The van der Waals surface area contributed by atoms with Gasteiger partial charge in [0.15, 0.2) is 0 Å². The number of fused-ring (bicyclic) bond motifs is 1. The zero-order valence-electron chi connectivity index (χ0n) is 18.3. The predicted octanol–water partition coefficient (Wildman–Crippen LogP) is 6.89. The summed E-state index contributed by atoms with van der Waals surface area (Å²) in [7, 11) is 0. The van der Waals surface area contributed by atoms with E-state index in [4.69, 9.17) is 10.5 Å². The van der Waals surface area contributed by atoms with Crippen molar-refractivity contribution in [1.29, 1.82) is 0 Å². The largest absolute Gasteiger partial charge is 0.490 e. The molecule has 2 heteroatoms. The van der Waals surface area contributed by atoms with Crippen LogP contribution in [0.2, 0.25) is 0 Å². The van der Waals surface area contributed by atoms with Crippen LogP contribution in [0.3, 0.4) is 0 Å². The van der Waals surface area contributed by atoms with E-state index in [1.807, 2.05) is 0 Å². The number of hydrogen-bond acceptors (Lipinski definition) is 2. The lowest BCUT2D eigenvalue weighted by Crippen LogP contribution is -2.30. The maximum absolute atomic E-state index is 6.63. The van der Waals surface area contributed by atoms with Crippen LogP contribution in [0.5, 0.6) is 5.75 Å². The van der Waals surface area contributed by atoms with Gasteiger partial charge >= 0.3 is 0 Å². The number of hydrogen-bond donors (Lipinski definition) is 1. The number of ether oxygens (including phenoxy) is 1. The molecule has 2 saturated carbocycles. The Bertz CT molecular complexity index is 843. The van der Waals surface area contributed by atoms with Gasteiger partial charge < -0.3 is 10.5 Å². The number of nitrogens with two attached hydrogens (primary N) is 1. The van der Waals surface area contributed by atoms with E-state index in [1.165, 1.54) is 60.4 Å². The molecule has 0 saturated heterocycles. The first-order valence-electron chi connectivity index (χ1n) is 11.2. The molecule has 152 valence electrons. The molecule has 0 atom stereocenters. The van der Waals surface area contributed by atoms with Crippen molar-refractivity contribution in [1.82, 2.24) is 0 Å². The van der Waals surface area contributed by atoms with Crippen molar-refractivity contribution >= 4 is 10.8 Å². The van der Waals surface area contributed by atoms with Crippen LogP contribution in [-0.2, 0) is 5.54 Å². The SMILES string of the molecule is CC(C)(N)c1ccc2c(C3CC3)c(OC3CCC(C(C)(C)C)CC3)ccc2c1. The monoisotopic (exact) mass is 379 g/mol. The van der Waals surface area contributed by atoms with Crippen LogP contribution in [0.1, 0.15) is 90.2 Å². The first-order valence-corrected chi connectivity index (χ1v) is 11.2. The summed E-state index contributed by atoms with van der Waals surface area (Å²) in [6, 6.07) is 11.2. The molecule has 2 nitrogen and oxygen atoms in total. The second-order valence-corrected chi connectivity index (χ2v) is 10.9. The van der Waals surface area contributed by atoms with E-state index >= 15 is 0 Å². The fourth-order valence-electron chi connectivity index (χ4n) is 4.86. The van der Waals surface area contributed by atoms with Crippen molar-refractivity contribution in [2.75, 3.05) is 0 Å². The summed E-state index contributed by atoms with van der Waals surface area (Å²) in [5, 5.41) is 2.65. The van der Waals surface area contributed by atoms with Crippen LogP contribution in [0.4, 0.5) is 0 Å². The lowest BCUT2D eigenvalue weighted by molar-refractivity contribution is 0.0877. The lowest BCUT2D eigenvalue weighted by Gasteiger charge is -2.37. The Hall–Kier alpha value is -1.54. The average Bonchev–Trinajstić information content (AvgIpc) is 3.45. The molecule has 2 N–H and O–H groups in total. The van der Waals surface area contributed by atoms with Gasteiger partial charge in [-0.2, -0.15) is 0 Å². The van der Waals surface area contributed by atoms with Crippen molar-refractivity contribution in [3.05, 3.63) is 41.5 Å². The summed E-state index contributed by atoms with van der Waals surface area (Å²) < 4.78 is 6.63. The van der Waals surface area contributed by atoms with E-state index in [2.05, 4.69) is 65.0 Å². The molecule has 4 rings (SSSR count). The van der Waals surface area contributed by atoms with E-state index < -0.39 is 0 Å². The normalized spacial score (nSPS) is 23.8. The van der Waals surface area contributed by atoms with Crippen molar-refractivity contribution in [3.8, 4) is 5.75 Å². The Balaban J connectivity index is 1.59. The van der Waals surface area contributed by atoms with Crippen molar-refractivity contribution in [3.63, 3.8) is 0 Å². The molecule has 0 bridgehead atoms. The van der Waals surface area contributed by atoms with Gasteiger partial charge in [-0.25, -0.2) is 0 Å². The quantitative estimate of drug-likeness (QED) is 0.627. The molecule has 28 heavy (non-hydrogen) atoms. The zero-order valence-corrected chi connectivity index (χ0v) is 18.3. The maximum atomic E-state index is 6.63. The van der Waals surface area contributed by atoms with Crippen LogP contribution in [0, 0.1) is 11.3 Å². The molecule has 2 aliphatic rings. The minimum atomic E-state index is -0.311. The molecule has 0 radical (unpaired) electrons. The molecule has 2 fully saturated rings. The Kier molecular flexibility index (Phi) is 4.98. The molecule has 0 aromatic heterocycles. The highest BCUT2D eigenvalue weighted by molar-refractivity contribution is 5.89. The Morgan fingerprint density at radius 2 is 1.54 bits per heavy atom. The van der Waals surface area contributed by atoms with Gasteiger partial charge in [0.2, 0.25) is 0 Å². The minimum absolute atomic E-state index is 0.311. The topological polar surface area (TPSA) is 35.2 Å².